The number of rotatable bonds is 4. The van der Waals surface area contributed by atoms with Gasteiger partial charge in [-0.15, -0.1) is 0 Å². The minimum atomic E-state index is -1.06. The number of hydrogen-bond acceptors (Lipinski definition) is 3. The second-order valence-electron chi connectivity index (χ2n) is 3.78. The lowest BCUT2D eigenvalue weighted by atomic mass is 10.1. The molecule has 18 heavy (non-hydrogen) atoms. The van der Waals surface area contributed by atoms with Gasteiger partial charge in [-0.05, 0) is 25.1 Å². The molecule has 98 valence electrons. The van der Waals surface area contributed by atoms with E-state index in [9.17, 15) is 9.59 Å². The van der Waals surface area contributed by atoms with Crippen LogP contribution in [0.2, 0.25) is 5.02 Å². The summed E-state index contributed by atoms with van der Waals surface area (Å²) in [7, 11) is 2.88. The van der Waals surface area contributed by atoms with Gasteiger partial charge in [-0.3, -0.25) is 4.79 Å². The van der Waals surface area contributed by atoms with Crippen molar-refractivity contribution in [2.75, 3.05) is 14.2 Å². The molecule has 0 saturated carbocycles. The third kappa shape index (κ3) is 2.92. The smallest absolute Gasteiger partial charge is 0.326 e. The Morgan fingerprint density at radius 2 is 2.06 bits per heavy atom. The first-order valence-electron chi connectivity index (χ1n) is 5.22. The van der Waals surface area contributed by atoms with Crippen LogP contribution in [0, 0.1) is 0 Å². The fraction of sp³-hybridized carbons (Fsp3) is 0.333. The molecule has 0 aliphatic carbocycles. The van der Waals surface area contributed by atoms with E-state index in [2.05, 4.69) is 0 Å². The molecule has 0 bridgehead atoms. The number of halogens is 1. The number of benzene rings is 1. The quantitative estimate of drug-likeness (QED) is 0.908. The van der Waals surface area contributed by atoms with Gasteiger partial charge in [0.2, 0.25) is 0 Å². The second-order valence-corrected chi connectivity index (χ2v) is 4.19. The third-order valence-corrected chi connectivity index (χ3v) is 2.97. The number of carboxylic acids is 1. The summed E-state index contributed by atoms with van der Waals surface area (Å²) in [6.07, 6.45) is 0. The first-order chi connectivity index (χ1) is 8.38. The summed E-state index contributed by atoms with van der Waals surface area (Å²) in [5.74, 6) is -1.09. The van der Waals surface area contributed by atoms with Crippen molar-refractivity contribution in [3.05, 3.63) is 28.8 Å². The minimum absolute atomic E-state index is 0.326. The molecule has 5 nitrogen and oxygen atoms in total. The van der Waals surface area contributed by atoms with Crippen LogP contribution >= 0.6 is 11.6 Å². The number of likely N-dealkylation sites (N-methyl/N-ethyl adjacent to an activating group) is 1. The van der Waals surface area contributed by atoms with E-state index >= 15 is 0 Å². The van der Waals surface area contributed by atoms with E-state index in [1.165, 1.54) is 39.3 Å². The van der Waals surface area contributed by atoms with Gasteiger partial charge in [0.1, 0.15) is 11.8 Å². The van der Waals surface area contributed by atoms with Crippen LogP contribution in [0.4, 0.5) is 0 Å². The molecule has 0 aromatic heterocycles. The van der Waals surface area contributed by atoms with Gasteiger partial charge in [-0.1, -0.05) is 11.6 Å². The summed E-state index contributed by atoms with van der Waals surface area (Å²) in [6, 6.07) is 3.64. The van der Waals surface area contributed by atoms with Crippen LogP contribution in [0.5, 0.6) is 5.75 Å². The van der Waals surface area contributed by atoms with Crippen molar-refractivity contribution in [2.24, 2.45) is 0 Å². The molecule has 0 spiro atoms. The summed E-state index contributed by atoms with van der Waals surface area (Å²) >= 11 is 5.85. The Bertz CT molecular complexity index is 475. The molecule has 0 fully saturated rings. The van der Waals surface area contributed by atoms with Crippen molar-refractivity contribution >= 4 is 23.5 Å². The molecule has 1 amide bonds. The fourth-order valence-corrected chi connectivity index (χ4v) is 1.53. The van der Waals surface area contributed by atoms with E-state index < -0.39 is 17.9 Å². The second kappa shape index (κ2) is 5.73. The van der Waals surface area contributed by atoms with Crippen LogP contribution in [0.25, 0.3) is 0 Å². The van der Waals surface area contributed by atoms with Crippen molar-refractivity contribution < 1.29 is 19.4 Å². The van der Waals surface area contributed by atoms with Gasteiger partial charge < -0.3 is 14.7 Å². The Labute approximate surface area is 110 Å². The number of hydrogen-bond donors (Lipinski definition) is 1. The Hall–Kier alpha value is -1.75. The standard InChI is InChI=1S/C12H14ClNO4/c1-7(12(16)17)14(2)11(15)8-4-5-9(13)10(6-8)18-3/h4-7H,1-3H3,(H,16,17). The van der Waals surface area contributed by atoms with Crippen molar-refractivity contribution in [1.82, 2.24) is 4.90 Å². The molecule has 6 heteroatoms. The Balaban J connectivity index is 3.00. The molecule has 1 aromatic rings. The zero-order chi connectivity index (χ0) is 13.9. The number of ether oxygens (including phenoxy) is 1. The molecule has 1 N–H and O–H groups in total. The van der Waals surface area contributed by atoms with Gasteiger partial charge in [0.15, 0.2) is 0 Å². The highest BCUT2D eigenvalue weighted by atomic mass is 35.5. The number of aliphatic carboxylic acids is 1. The highest BCUT2D eigenvalue weighted by Gasteiger charge is 2.23. The molecular formula is C12H14ClNO4. The fourth-order valence-electron chi connectivity index (χ4n) is 1.34. The van der Waals surface area contributed by atoms with Gasteiger partial charge in [-0.25, -0.2) is 4.79 Å². The van der Waals surface area contributed by atoms with Gasteiger partial charge in [0, 0.05) is 12.6 Å². The predicted molar refractivity (Wildman–Crippen MR) is 67.2 cm³/mol. The zero-order valence-electron chi connectivity index (χ0n) is 10.3. The lowest BCUT2D eigenvalue weighted by Gasteiger charge is -2.21. The maximum atomic E-state index is 12.0. The molecule has 0 aliphatic heterocycles. The highest BCUT2D eigenvalue weighted by molar-refractivity contribution is 6.32. The van der Waals surface area contributed by atoms with Crippen LogP contribution in [-0.4, -0.2) is 42.1 Å². The molecule has 1 aromatic carbocycles. The van der Waals surface area contributed by atoms with Crippen LogP contribution < -0.4 is 4.74 Å². The molecule has 0 radical (unpaired) electrons. The summed E-state index contributed by atoms with van der Waals surface area (Å²) in [6.45, 7) is 1.44. The summed E-state index contributed by atoms with van der Waals surface area (Å²) in [4.78, 5) is 24.0. The van der Waals surface area contributed by atoms with Gasteiger partial charge in [0.05, 0.1) is 12.1 Å². The number of methoxy groups -OCH3 is 1. The predicted octanol–water partition coefficient (Wildman–Crippen LogP) is 1.89. The van der Waals surface area contributed by atoms with E-state index in [1.807, 2.05) is 0 Å². The van der Waals surface area contributed by atoms with Crippen LogP contribution in [0.15, 0.2) is 18.2 Å². The Morgan fingerprint density at radius 3 is 2.56 bits per heavy atom. The lowest BCUT2D eigenvalue weighted by Crippen LogP contribution is -2.40. The Morgan fingerprint density at radius 1 is 1.44 bits per heavy atom. The molecule has 1 atom stereocenters. The monoisotopic (exact) mass is 271 g/mol. The topological polar surface area (TPSA) is 66.8 Å². The van der Waals surface area contributed by atoms with Crippen molar-refractivity contribution in [3.8, 4) is 5.75 Å². The van der Waals surface area contributed by atoms with Crippen LogP contribution in [0.3, 0.4) is 0 Å². The highest BCUT2D eigenvalue weighted by Crippen LogP contribution is 2.25. The SMILES string of the molecule is COc1cc(C(=O)N(C)C(C)C(=O)O)ccc1Cl. The van der Waals surface area contributed by atoms with Crippen molar-refractivity contribution in [2.45, 2.75) is 13.0 Å². The number of carbonyl (C=O) groups excluding carboxylic acids is 1. The average molecular weight is 272 g/mol. The van der Waals surface area contributed by atoms with E-state index in [4.69, 9.17) is 21.4 Å². The Kier molecular flexibility index (Phi) is 4.55. The molecular weight excluding hydrogens is 258 g/mol. The van der Waals surface area contributed by atoms with Gasteiger partial charge >= 0.3 is 5.97 Å². The largest absolute Gasteiger partial charge is 0.495 e. The third-order valence-electron chi connectivity index (χ3n) is 2.66. The average Bonchev–Trinajstić information content (AvgIpc) is 2.36. The minimum Gasteiger partial charge on any atom is -0.495 e. The van der Waals surface area contributed by atoms with Crippen molar-refractivity contribution in [3.63, 3.8) is 0 Å². The first kappa shape index (κ1) is 14.3. The first-order valence-corrected chi connectivity index (χ1v) is 5.59. The molecule has 1 rings (SSSR count). The van der Waals surface area contributed by atoms with E-state index in [1.54, 1.807) is 0 Å². The van der Waals surface area contributed by atoms with Crippen LogP contribution in [-0.2, 0) is 4.79 Å². The number of carboxylic acid groups (broad SMARTS) is 1. The van der Waals surface area contributed by atoms with E-state index in [-0.39, 0.29) is 0 Å². The van der Waals surface area contributed by atoms with E-state index in [0.717, 1.165) is 4.90 Å². The maximum Gasteiger partial charge on any atom is 0.326 e. The number of amides is 1. The normalized spacial score (nSPS) is 11.8. The molecule has 0 saturated heterocycles. The zero-order valence-corrected chi connectivity index (χ0v) is 11.1. The molecule has 0 aliphatic rings. The summed E-state index contributed by atoms with van der Waals surface area (Å²) in [5.41, 5.74) is 0.326. The number of carbonyl (C=O) groups is 2. The van der Waals surface area contributed by atoms with Crippen molar-refractivity contribution in [1.29, 1.82) is 0 Å². The molecule has 1 unspecified atom stereocenters. The van der Waals surface area contributed by atoms with Gasteiger partial charge in [0.25, 0.3) is 5.91 Å². The number of nitrogens with zero attached hydrogens (tertiary/aromatic N) is 1. The maximum absolute atomic E-state index is 12.0. The summed E-state index contributed by atoms with van der Waals surface area (Å²) in [5, 5.41) is 9.25. The van der Waals surface area contributed by atoms with Gasteiger partial charge in [-0.2, -0.15) is 0 Å². The van der Waals surface area contributed by atoms with Crippen LogP contribution in [0.1, 0.15) is 17.3 Å². The summed E-state index contributed by atoms with van der Waals surface area (Å²) < 4.78 is 5.00. The molecule has 0 heterocycles. The lowest BCUT2D eigenvalue weighted by molar-refractivity contribution is -0.141. The van der Waals surface area contributed by atoms with E-state index in [0.29, 0.717) is 16.3 Å².